The van der Waals surface area contributed by atoms with Crippen LogP contribution in [0.4, 0.5) is 18.9 Å². The summed E-state index contributed by atoms with van der Waals surface area (Å²) in [4.78, 5) is 1.88. The van der Waals surface area contributed by atoms with E-state index >= 15 is 0 Å². The van der Waals surface area contributed by atoms with Crippen molar-refractivity contribution in [1.29, 1.82) is 5.26 Å². The van der Waals surface area contributed by atoms with Crippen LogP contribution in [0.1, 0.15) is 25.0 Å². The second kappa shape index (κ2) is 8.15. The number of nitrogens with zero attached hydrogens (tertiary/aromatic N) is 3. The van der Waals surface area contributed by atoms with Gasteiger partial charge in [0.05, 0.1) is 16.5 Å². The van der Waals surface area contributed by atoms with Crippen molar-refractivity contribution in [1.82, 2.24) is 4.31 Å². The number of rotatable bonds is 4. The van der Waals surface area contributed by atoms with Gasteiger partial charge in [-0.3, -0.25) is 0 Å². The molecule has 0 saturated carbocycles. The highest BCUT2D eigenvalue weighted by Gasteiger charge is 2.51. The Morgan fingerprint density at radius 1 is 1.06 bits per heavy atom. The lowest BCUT2D eigenvalue weighted by Crippen LogP contribution is -2.54. The molecule has 1 heterocycles. The van der Waals surface area contributed by atoms with Gasteiger partial charge < -0.3 is 10.0 Å². The van der Waals surface area contributed by atoms with Crippen LogP contribution in [0.2, 0.25) is 0 Å². The van der Waals surface area contributed by atoms with Crippen LogP contribution in [-0.4, -0.2) is 49.7 Å². The Morgan fingerprint density at radius 3 is 2.13 bits per heavy atom. The zero-order valence-electron chi connectivity index (χ0n) is 17.0. The molecule has 2 aromatic rings. The molecule has 1 aliphatic rings. The van der Waals surface area contributed by atoms with Gasteiger partial charge >= 0.3 is 6.18 Å². The summed E-state index contributed by atoms with van der Waals surface area (Å²) < 4.78 is 66.5. The van der Waals surface area contributed by atoms with Gasteiger partial charge in [0.2, 0.25) is 10.0 Å². The topological polar surface area (TPSA) is 84.6 Å². The number of anilines is 1. The maximum Gasteiger partial charge on any atom is 0.421 e. The summed E-state index contributed by atoms with van der Waals surface area (Å²) in [6.45, 7) is 3.44. The molecule has 2 atom stereocenters. The number of sulfonamides is 1. The standard InChI is InChI=1S/C21H22F3N3O3S/c1-15-14-26(18-7-3-16(13-25)4-8-18)11-12-27(15)31(29,30)19-9-5-17(6-10-19)20(2,28)21(22,23)24/h3-10,15,28H,11-12,14H2,1-2H3/t15?,20-/m1/s1. The van der Waals surface area contributed by atoms with Crippen molar-refractivity contribution in [2.24, 2.45) is 0 Å². The van der Waals surface area contributed by atoms with Gasteiger partial charge in [0, 0.05) is 31.4 Å². The molecule has 0 radical (unpaired) electrons. The van der Waals surface area contributed by atoms with Crippen LogP contribution in [0.25, 0.3) is 0 Å². The van der Waals surface area contributed by atoms with Gasteiger partial charge in [-0.05, 0) is 55.8 Å². The molecule has 3 rings (SSSR count). The highest BCUT2D eigenvalue weighted by molar-refractivity contribution is 7.89. The molecule has 1 N–H and O–H groups in total. The van der Waals surface area contributed by atoms with Crippen molar-refractivity contribution < 1.29 is 26.7 Å². The van der Waals surface area contributed by atoms with Gasteiger partial charge in [-0.2, -0.15) is 22.7 Å². The Labute approximate surface area is 179 Å². The summed E-state index contributed by atoms with van der Waals surface area (Å²) in [5, 5.41) is 18.7. The molecule has 0 aromatic heterocycles. The molecule has 0 spiro atoms. The smallest absolute Gasteiger partial charge is 0.376 e. The molecular weight excluding hydrogens is 431 g/mol. The Morgan fingerprint density at radius 2 is 1.65 bits per heavy atom. The average Bonchev–Trinajstić information content (AvgIpc) is 2.73. The third-order valence-corrected chi connectivity index (χ3v) is 7.53. The van der Waals surface area contributed by atoms with Crippen molar-refractivity contribution >= 4 is 15.7 Å². The lowest BCUT2D eigenvalue weighted by molar-refractivity contribution is -0.258. The van der Waals surface area contributed by atoms with Crippen LogP contribution < -0.4 is 4.90 Å². The summed E-state index contributed by atoms with van der Waals surface area (Å²) in [6, 6.07) is 12.8. The lowest BCUT2D eigenvalue weighted by atomic mass is 9.96. The van der Waals surface area contributed by atoms with Crippen LogP contribution in [0.15, 0.2) is 53.4 Å². The second-order valence-corrected chi connectivity index (χ2v) is 9.55. The molecule has 1 aliphatic heterocycles. The second-order valence-electron chi connectivity index (χ2n) is 7.66. The average molecular weight is 453 g/mol. The highest BCUT2D eigenvalue weighted by atomic mass is 32.2. The molecule has 0 aliphatic carbocycles. The van der Waals surface area contributed by atoms with Crippen LogP contribution in [0.3, 0.4) is 0 Å². The van der Waals surface area contributed by atoms with Gasteiger partial charge in [-0.25, -0.2) is 8.42 Å². The fraction of sp³-hybridized carbons (Fsp3) is 0.381. The van der Waals surface area contributed by atoms with Gasteiger partial charge in [0.1, 0.15) is 0 Å². The molecule has 6 nitrogen and oxygen atoms in total. The Hall–Kier alpha value is -2.61. The Balaban J connectivity index is 1.77. The summed E-state index contributed by atoms with van der Waals surface area (Å²) in [7, 11) is -3.92. The van der Waals surface area contributed by atoms with E-state index in [1.807, 2.05) is 11.0 Å². The van der Waals surface area contributed by atoms with Crippen LogP contribution >= 0.6 is 0 Å². The van der Waals surface area contributed by atoms with Crippen LogP contribution in [0, 0.1) is 11.3 Å². The summed E-state index contributed by atoms with van der Waals surface area (Å²) in [5.74, 6) is 0. The Bertz CT molecular complexity index is 1080. The van der Waals surface area contributed by atoms with Gasteiger partial charge in [0.25, 0.3) is 0 Å². The number of halogens is 3. The zero-order chi connectivity index (χ0) is 23.0. The number of nitriles is 1. The maximum absolute atomic E-state index is 13.1. The number of benzene rings is 2. The number of hydrogen-bond donors (Lipinski definition) is 1. The molecule has 31 heavy (non-hydrogen) atoms. The van der Waals surface area contributed by atoms with Crippen molar-refractivity contribution in [3.8, 4) is 6.07 Å². The first kappa shape index (κ1) is 23.1. The molecule has 1 unspecified atom stereocenters. The van der Waals surface area contributed by atoms with E-state index in [-0.39, 0.29) is 17.5 Å². The van der Waals surface area contributed by atoms with Crippen LogP contribution in [-0.2, 0) is 15.6 Å². The van der Waals surface area contributed by atoms with Gasteiger partial charge in [-0.15, -0.1) is 0 Å². The Kier molecular flexibility index (Phi) is 6.06. The van der Waals surface area contributed by atoms with E-state index in [1.54, 1.807) is 31.2 Å². The van der Waals surface area contributed by atoms with E-state index in [0.717, 1.165) is 30.0 Å². The largest absolute Gasteiger partial charge is 0.421 e. The van der Waals surface area contributed by atoms with E-state index in [9.17, 15) is 26.7 Å². The minimum absolute atomic E-state index is 0.132. The third kappa shape index (κ3) is 4.39. The predicted octanol–water partition coefficient (Wildman–Crippen LogP) is 3.23. The van der Waals surface area contributed by atoms with Crippen molar-refractivity contribution in [3.05, 3.63) is 59.7 Å². The SMILES string of the molecule is CC1CN(c2ccc(C#N)cc2)CCN1S(=O)(=O)c1ccc([C@@](C)(O)C(F)(F)F)cc1. The van der Waals surface area contributed by atoms with E-state index in [2.05, 4.69) is 0 Å². The highest BCUT2D eigenvalue weighted by Crippen LogP contribution is 2.38. The molecule has 10 heteroatoms. The minimum Gasteiger partial charge on any atom is -0.376 e. The monoisotopic (exact) mass is 453 g/mol. The number of aliphatic hydroxyl groups is 1. The first-order valence-electron chi connectivity index (χ1n) is 9.54. The summed E-state index contributed by atoms with van der Waals surface area (Å²) in [5.41, 5.74) is -2.10. The summed E-state index contributed by atoms with van der Waals surface area (Å²) >= 11 is 0. The molecule has 0 amide bonds. The van der Waals surface area contributed by atoms with E-state index in [1.165, 1.54) is 4.31 Å². The first-order valence-corrected chi connectivity index (χ1v) is 11.0. The quantitative estimate of drug-likeness (QED) is 0.769. The molecule has 166 valence electrons. The maximum atomic E-state index is 13.1. The number of alkyl halides is 3. The molecule has 0 bridgehead atoms. The van der Waals surface area contributed by atoms with Gasteiger partial charge in [0.15, 0.2) is 5.60 Å². The fourth-order valence-corrected chi connectivity index (χ4v) is 5.14. The molecule has 1 fully saturated rings. The third-order valence-electron chi connectivity index (χ3n) is 5.50. The fourth-order valence-electron chi connectivity index (χ4n) is 3.53. The number of piperazine rings is 1. The molecular formula is C21H22F3N3O3S. The zero-order valence-corrected chi connectivity index (χ0v) is 17.8. The lowest BCUT2D eigenvalue weighted by Gasteiger charge is -2.40. The van der Waals surface area contributed by atoms with Crippen LogP contribution in [0.5, 0.6) is 0 Å². The summed E-state index contributed by atoms with van der Waals surface area (Å²) in [6.07, 6.45) is -4.89. The van der Waals surface area contributed by atoms with Gasteiger partial charge in [-0.1, -0.05) is 12.1 Å². The van der Waals surface area contributed by atoms with Crippen molar-refractivity contribution in [2.45, 2.75) is 36.6 Å². The van der Waals surface area contributed by atoms with E-state index < -0.39 is 27.4 Å². The molecule has 1 saturated heterocycles. The first-order chi connectivity index (χ1) is 14.4. The van der Waals surface area contributed by atoms with Crippen molar-refractivity contribution in [3.63, 3.8) is 0 Å². The van der Waals surface area contributed by atoms with E-state index in [4.69, 9.17) is 5.26 Å². The minimum atomic E-state index is -4.89. The normalized spacial score (nSPS) is 20.2. The van der Waals surface area contributed by atoms with Crippen molar-refractivity contribution in [2.75, 3.05) is 24.5 Å². The molecule has 2 aromatic carbocycles. The predicted molar refractivity (Wildman–Crippen MR) is 109 cm³/mol. The van der Waals surface area contributed by atoms with E-state index in [0.29, 0.717) is 25.6 Å². The number of hydrogen-bond acceptors (Lipinski definition) is 5.